The second kappa shape index (κ2) is 4.22. The van der Waals surface area contributed by atoms with E-state index in [-0.39, 0.29) is 16.9 Å². The summed E-state index contributed by atoms with van der Waals surface area (Å²) in [6.07, 6.45) is 5.52. The van der Waals surface area contributed by atoms with Gasteiger partial charge in [0, 0.05) is 25.5 Å². The summed E-state index contributed by atoms with van der Waals surface area (Å²) in [5, 5.41) is 3.74. The van der Waals surface area contributed by atoms with E-state index in [1.54, 1.807) is 6.26 Å². The summed E-state index contributed by atoms with van der Waals surface area (Å²) in [6.45, 7) is 9.23. The molecule has 4 nitrogen and oxygen atoms in total. The van der Waals surface area contributed by atoms with Gasteiger partial charge in [-0.25, -0.2) is 4.98 Å². The van der Waals surface area contributed by atoms with Crippen molar-refractivity contribution < 1.29 is 4.42 Å². The fourth-order valence-corrected chi connectivity index (χ4v) is 3.17. The molecule has 20 heavy (non-hydrogen) atoms. The summed E-state index contributed by atoms with van der Waals surface area (Å²) >= 11 is 0. The molecule has 1 aliphatic rings. The molecule has 1 N–H and O–H groups in total. The molecule has 0 spiro atoms. The van der Waals surface area contributed by atoms with Gasteiger partial charge in [-0.1, -0.05) is 27.7 Å². The third kappa shape index (κ3) is 1.82. The van der Waals surface area contributed by atoms with Crippen LogP contribution in [-0.2, 0) is 7.05 Å². The highest BCUT2D eigenvalue weighted by molar-refractivity contribution is 5.23. The van der Waals surface area contributed by atoms with E-state index in [0.29, 0.717) is 6.04 Å². The Labute approximate surface area is 120 Å². The van der Waals surface area contributed by atoms with Gasteiger partial charge in [0.1, 0.15) is 17.6 Å². The Bertz CT molecular complexity index is 581. The van der Waals surface area contributed by atoms with Crippen molar-refractivity contribution in [2.24, 2.45) is 17.9 Å². The molecule has 0 aromatic carbocycles. The SMILES string of the molecule is Cn1ccnc1C(NC1C(C)(C)C1(C)C)c1ccco1. The fraction of sp³-hybridized carbons (Fsp3) is 0.562. The molecular weight excluding hydrogens is 250 g/mol. The average molecular weight is 273 g/mol. The van der Waals surface area contributed by atoms with E-state index in [2.05, 4.69) is 38.0 Å². The molecule has 2 aromatic rings. The maximum absolute atomic E-state index is 5.62. The van der Waals surface area contributed by atoms with Gasteiger partial charge in [0.05, 0.1) is 6.26 Å². The van der Waals surface area contributed by atoms with E-state index in [9.17, 15) is 0 Å². The highest BCUT2D eigenvalue weighted by Gasteiger charge is 2.65. The summed E-state index contributed by atoms with van der Waals surface area (Å²) in [7, 11) is 2.02. The van der Waals surface area contributed by atoms with Gasteiger partial charge in [-0.3, -0.25) is 5.32 Å². The lowest BCUT2D eigenvalue weighted by Crippen LogP contribution is -2.30. The first kappa shape index (κ1) is 13.4. The second-order valence-electron chi connectivity index (χ2n) is 6.89. The summed E-state index contributed by atoms with van der Waals surface area (Å²) in [6, 6.07) is 4.38. The molecule has 1 fully saturated rings. The standard InChI is InChI=1S/C16H23N3O/c1-15(2)14(16(15,3)4)18-12(11-7-6-10-20-11)13-17-8-9-19(13)5/h6-10,12,14,18H,1-5H3. The zero-order valence-corrected chi connectivity index (χ0v) is 12.8. The number of hydrogen-bond donors (Lipinski definition) is 1. The number of imidazole rings is 1. The number of aryl methyl sites for hydroxylation is 1. The van der Waals surface area contributed by atoms with Crippen LogP contribution in [0.15, 0.2) is 35.2 Å². The summed E-state index contributed by atoms with van der Waals surface area (Å²) in [5.41, 5.74) is 0.562. The number of nitrogens with zero attached hydrogens (tertiary/aromatic N) is 2. The number of rotatable bonds is 4. The van der Waals surface area contributed by atoms with Gasteiger partial charge in [0.25, 0.3) is 0 Å². The largest absolute Gasteiger partial charge is 0.467 e. The van der Waals surface area contributed by atoms with Gasteiger partial charge in [-0.05, 0) is 23.0 Å². The molecule has 1 aliphatic carbocycles. The zero-order valence-electron chi connectivity index (χ0n) is 12.8. The molecule has 1 atom stereocenters. The van der Waals surface area contributed by atoms with Crippen LogP contribution in [0.1, 0.15) is 45.3 Å². The predicted molar refractivity (Wildman–Crippen MR) is 78.2 cm³/mol. The van der Waals surface area contributed by atoms with Crippen LogP contribution in [0, 0.1) is 10.8 Å². The van der Waals surface area contributed by atoms with Crippen molar-refractivity contribution in [1.82, 2.24) is 14.9 Å². The lowest BCUT2D eigenvalue weighted by atomic mass is 10.0. The van der Waals surface area contributed by atoms with E-state index in [0.717, 1.165) is 11.6 Å². The Hall–Kier alpha value is -1.55. The molecule has 0 bridgehead atoms. The summed E-state index contributed by atoms with van der Waals surface area (Å²) in [5.74, 6) is 1.90. The van der Waals surface area contributed by atoms with E-state index in [1.807, 2.05) is 36.1 Å². The van der Waals surface area contributed by atoms with Gasteiger partial charge in [-0.2, -0.15) is 0 Å². The third-order valence-corrected chi connectivity index (χ3v) is 5.30. The molecule has 3 rings (SSSR count). The molecule has 1 saturated carbocycles. The van der Waals surface area contributed by atoms with Crippen LogP contribution in [0.25, 0.3) is 0 Å². The lowest BCUT2D eigenvalue weighted by molar-refractivity contribution is 0.407. The zero-order chi connectivity index (χ0) is 14.5. The average Bonchev–Trinajstić information content (AvgIpc) is 2.88. The van der Waals surface area contributed by atoms with Crippen LogP contribution in [0.4, 0.5) is 0 Å². The first-order valence-electron chi connectivity index (χ1n) is 7.12. The molecule has 4 heteroatoms. The van der Waals surface area contributed by atoms with Crippen LogP contribution >= 0.6 is 0 Å². The normalized spacial score (nSPS) is 21.9. The number of aromatic nitrogens is 2. The molecular formula is C16H23N3O. The van der Waals surface area contributed by atoms with Gasteiger partial charge in [0.15, 0.2) is 0 Å². The molecule has 108 valence electrons. The van der Waals surface area contributed by atoms with Crippen molar-refractivity contribution in [2.45, 2.75) is 39.8 Å². The Morgan fingerprint density at radius 2 is 2.00 bits per heavy atom. The van der Waals surface area contributed by atoms with Crippen molar-refractivity contribution in [3.8, 4) is 0 Å². The molecule has 0 amide bonds. The third-order valence-electron chi connectivity index (χ3n) is 5.30. The molecule has 2 heterocycles. The van der Waals surface area contributed by atoms with Gasteiger partial charge < -0.3 is 8.98 Å². The summed E-state index contributed by atoms with van der Waals surface area (Å²) in [4.78, 5) is 4.49. The molecule has 0 aliphatic heterocycles. The van der Waals surface area contributed by atoms with Crippen molar-refractivity contribution >= 4 is 0 Å². The van der Waals surface area contributed by atoms with Crippen molar-refractivity contribution in [3.05, 3.63) is 42.4 Å². The van der Waals surface area contributed by atoms with Gasteiger partial charge in [-0.15, -0.1) is 0 Å². The van der Waals surface area contributed by atoms with E-state index >= 15 is 0 Å². The van der Waals surface area contributed by atoms with Crippen LogP contribution in [0.2, 0.25) is 0 Å². The first-order chi connectivity index (χ1) is 9.35. The van der Waals surface area contributed by atoms with Crippen LogP contribution in [0.3, 0.4) is 0 Å². The van der Waals surface area contributed by atoms with Gasteiger partial charge in [0.2, 0.25) is 0 Å². The van der Waals surface area contributed by atoms with Gasteiger partial charge >= 0.3 is 0 Å². The number of hydrogen-bond acceptors (Lipinski definition) is 3. The minimum absolute atomic E-state index is 0.00366. The Morgan fingerprint density at radius 1 is 1.30 bits per heavy atom. The maximum Gasteiger partial charge on any atom is 0.133 e. The second-order valence-corrected chi connectivity index (χ2v) is 6.89. The first-order valence-corrected chi connectivity index (χ1v) is 7.12. The summed E-state index contributed by atoms with van der Waals surface area (Å²) < 4.78 is 7.67. The van der Waals surface area contributed by atoms with Crippen molar-refractivity contribution in [3.63, 3.8) is 0 Å². The number of nitrogens with one attached hydrogen (secondary N) is 1. The van der Waals surface area contributed by atoms with Crippen molar-refractivity contribution in [2.75, 3.05) is 0 Å². The van der Waals surface area contributed by atoms with Crippen molar-refractivity contribution in [1.29, 1.82) is 0 Å². The molecule has 2 aromatic heterocycles. The van der Waals surface area contributed by atoms with E-state index in [4.69, 9.17) is 4.42 Å². The topological polar surface area (TPSA) is 43.0 Å². The Balaban J connectivity index is 1.91. The Morgan fingerprint density at radius 3 is 2.45 bits per heavy atom. The lowest BCUT2D eigenvalue weighted by Gasteiger charge is -2.18. The van der Waals surface area contributed by atoms with Crippen LogP contribution in [-0.4, -0.2) is 15.6 Å². The maximum atomic E-state index is 5.62. The molecule has 1 unspecified atom stereocenters. The number of furan rings is 1. The quantitative estimate of drug-likeness (QED) is 0.930. The van der Waals surface area contributed by atoms with E-state index in [1.165, 1.54) is 0 Å². The molecule has 0 saturated heterocycles. The van der Waals surface area contributed by atoms with Crippen LogP contribution in [0.5, 0.6) is 0 Å². The minimum Gasteiger partial charge on any atom is -0.467 e. The highest BCUT2D eigenvalue weighted by Crippen LogP contribution is 2.63. The minimum atomic E-state index is -0.00366. The van der Waals surface area contributed by atoms with Crippen LogP contribution < -0.4 is 5.32 Å². The fourth-order valence-electron chi connectivity index (χ4n) is 3.17. The molecule has 0 radical (unpaired) electrons. The Kier molecular flexibility index (Phi) is 2.83. The highest BCUT2D eigenvalue weighted by atomic mass is 16.3. The van der Waals surface area contributed by atoms with E-state index < -0.39 is 0 Å². The smallest absolute Gasteiger partial charge is 0.133 e. The predicted octanol–water partition coefficient (Wildman–Crippen LogP) is 3.13. The monoisotopic (exact) mass is 273 g/mol.